The second-order valence-electron chi connectivity index (χ2n) is 5.29. The van der Waals surface area contributed by atoms with Crippen molar-refractivity contribution in [1.29, 1.82) is 0 Å². The van der Waals surface area contributed by atoms with Crippen LogP contribution < -0.4 is 5.32 Å². The molecular weight excluding hydrogens is 294 g/mol. The van der Waals surface area contributed by atoms with Crippen molar-refractivity contribution in [1.82, 2.24) is 4.98 Å². The summed E-state index contributed by atoms with van der Waals surface area (Å²) in [6, 6.07) is 12.4. The fraction of sp³-hybridized carbons (Fsp3) is 0.118. The summed E-state index contributed by atoms with van der Waals surface area (Å²) in [6.45, 7) is 1.62. The van der Waals surface area contributed by atoms with Crippen molar-refractivity contribution >= 4 is 28.2 Å². The van der Waals surface area contributed by atoms with E-state index in [4.69, 9.17) is 0 Å². The Balaban J connectivity index is 1.80. The zero-order valence-corrected chi connectivity index (χ0v) is 12.5. The Hall–Kier alpha value is -3.15. The number of benzene rings is 2. The van der Waals surface area contributed by atoms with Crippen molar-refractivity contribution in [3.63, 3.8) is 0 Å². The van der Waals surface area contributed by atoms with Gasteiger partial charge in [0.05, 0.1) is 22.6 Å². The molecule has 0 fully saturated rings. The molecule has 6 nitrogen and oxygen atoms in total. The molecule has 6 heteroatoms. The Morgan fingerprint density at radius 2 is 2.00 bits per heavy atom. The number of amides is 1. The predicted molar refractivity (Wildman–Crippen MR) is 88.5 cm³/mol. The number of para-hydroxylation sites is 1. The Bertz CT molecular complexity index is 899. The maximum absolute atomic E-state index is 12.3. The molecule has 0 aliphatic heterocycles. The number of aromatic nitrogens is 1. The molecule has 2 N–H and O–H groups in total. The zero-order chi connectivity index (χ0) is 16.4. The Kier molecular flexibility index (Phi) is 3.80. The molecule has 2 aromatic carbocycles. The van der Waals surface area contributed by atoms with Crippen molar-refractivity contribution in [2.24, 2.45) is 0 Å². The molecule has 0 aliphatic rings. The van der Waals surface area contributed by atoms with Crippen LogP contribution >= 0.6 is 0 Å². The molecule has 0 spiro atoms. The van der Waals surface area contributed by atoms with E-state index in [9.17, 15) is 14.9 Å². The minimum absolute atomic E-state index is 0.00473. The number of nitrogens with one attached hydrogen (secondary N) is 2. The summed E-state index contributed by atoms with van der Waals surface area (Å²) in [5.74, 6) is -0.210. The summed E-state index contributed by atoms with van der Waals surface area (Å²) in [6.07, 6.45) is 2.01. The second kappa shape index (κ2) is 5.92. The van der Waals surface area contributed by atoms with Gasteiger partial charge < -0.3 is 10.3 Å². The van der Waals surface area contributed by atoms with Crippen LogP contribution in [0.2, 0.25) is 0 Å². The highest BCUT2D eigenvalue weighted by atomic mass is 16.6. The van der Waals surface area contributed by atoms with Gasteiger partial charge in [-0.15, -0.1) is 0 Å². The highest BCUT2D eigenvalue weighted by molar-refractivity contribution is 5.96. The van der Waals surface area contributed by atoms with Crippen LogP contribution in [-0.4, -0.2) is 15.8 Å². The lowest BCUT2D eigenvalue weighted by Gasteiger charge is -2.08. The van der Waals surface area contributed by atoms with Crippen molar-refractivity contribution in [2.45, 2.75) is 13.3 Å². The van der Waals surface area contributed by atoms with Gasteiger partial charge in [0.2, 0.25) is 5.91 Å². The SMILES string of the molecule is Cc1c(NC(=O)Cc2c[nH]c3ccccc23)cccc1[N+](=O)[O-]. The van der Waals surface area contributed by atoms with Crippen LogP contribution in [0, 0.1) is 17.0 Å². The van der Waals surface area contributed by atoms with E-state index in [2.05, 4.69) is 10.3 Å². The summed E-state index contributed by atoms with van der Waals surface area (Å²) in [5, 5.41) is 14.7. The van der Waals surface area contributed by atoms with Crippen LogP contribution in [0.25, 0.3) is 10.9 Å². The fourth-order valence-corrected chi connectivity index (χ4v) is 2.60. The van der Waals surface area contributed by atoms with Crippen molar-refractivity contribution in [3.05, 3.63) is 69.9 Å². The van der Waals surface area contributed by atoms with E-state index in [-0.39, 0.29) is 18.0 Å². The third-order valence-corrected chi connectivity index (χ3v) is 3.80. The van der Waals surface area contributed by atoms with E-state index < -0.39 is 4.92 Å². The summed E-state index contributed by atoms with van der Waals surface area (Å²) in [4.78, 5) is 25.9. The number of nitro groups is 1. The fourth-order valence-electron chi connectivity index (χ4n) is 2.60. The van der Waals surface area contributed by atoms with Gasteiger partial charge in [-0.2, -0.15) is 0 Å². The lowest BCUT2D eigenvalue weighted by Crippen LogP contribution is -2.15. The van der Waals surface area contributed by atoms with Gasteiger partial charge in [-0.05, 0) is 24.6 Å². The first-order valence-corrected chi connectivity index (χ1v) is 7.15. The molecule has 1 heterocycles. The van der Waals surface area contributed by atoms with Gasteiger partial charge in [-0.3, -0.25) is 14.9 Å². The third-order valence-electron chi connectivity index (χ3n) is 3.80. The van der Waals surface area contributed by atoms with Gasteiger partial charge in [-0.25, -0.2) is 0 Å². The second-order valence-corrected chi connectivity index (χ2v) is 5.29. The maximum atomic E-state index is 12.3. The molecule has 3 aromatic rings. The van der Waals surface area contributed by atoms with E-state index in [1.807, 2.05) is 30.5 Å². The van der Waals surface area contributed by atoms with Gasteiger partial charge in [0.1, 0.15) is 0 Å². The quantitative estimate of drug-likeness (QED) is 0.570. The van der Waals surface area contributed by atoms with Gasteiger partial charge in [-0.1, -0.05) is 24.3 Å². The topological polar surface area (TPSA) is 88.0 Å². The van der Waals surface area contributed by atoms with Crippen molar-refractivity contribution < 1.29 is 9.72 Å². The van der Waals surface area contributed by atoms with Crippen molar-refractivity contribution in [3.8, 4) is 0 Å². The standard InChI is InChI=1S/C17H15N3O3/c1-11-14(7-4-8-16(11)20(22)23)19-17(21)9-12-10-18-15-6-3-2-5-13(12)15/h2-8,10,18H,9H2,1H3,(H,19,21). The molecular formula is C17H15N3O3. The molecule has 0 aliphatic carbocycles. The van der Waals surface area contributed by atoms with Crippen LogP contribution in [0.4, 0.5) is 11.4 Å². The average molecular weight is 309 g/mol. The van der Waals surface area contributed by atoms with E-state index in [0.29, 0.717) is 11.3 Å². The molecule has 0 atom stereocenters. The number of hydrogen-bond acceptors (Lipinski definition) is 3. The molecule has 116 valence electrons. The maximum Gasteiger partial charge on any atom is 0.274 e. The molecule has 0 unspecified atom stereocenters. The summed E-state index contributed by atoms with van der Waals surface area (Å²) in [5.41, 5.74) is 2.77. The third kappa shape index (κ3) is 2.91. The molecule has 0 saturated heterocycles. The van der Waals surface area contributed by atoms with Crippen LogP contribution in [-0.2, 0) is 11.2 Å². The lowest BCUT2D eigenvalue weighted by molar-refractivity contribution is -0.385. The Morgan fingerprint density at radius 1 is 1.22 bits per heavy atom. The lowest BCUT2D eigenvalue weighted by atomic mass is 10.1. The van der Waals surface area contributed by atoms with Gasteiger partial charge in [0.15, 0.2) is 0 Å². The van der Waals surface area contributed by atoms with Crippen molar-refractivity contribution in [2.75, 3.05) is 5.32 Å². The highest BCUT2D eigenvalue weighted by Gasteiger charge is 2.15. The van der Waals surface area contributed by atoms with Crippen LogP contribution in [0.5, 0.6) is 0 Å². The first-order chi connectivity index (χ1) is 11.1. The van der Waals surface area contributed by atoms with E-state index in [0.717, 1.165) is 16.5 Å². The monoisotopic (exact) mass is 309 g/mol. The summed E-state index contributed by atoms with van der Waals surface area (Å²) < 4.78 is 0. The highest BCUT2D eigenvalue weighted by Crippen LogP contribution is 2.25. The van der Waals surface area contributed by atoms with E-state index in [1.54, 1.807) is 19.1 Å². The van der Waals surface area contributed by atoms with Crippen LogP contribution in [0.15, 0.2) is 48.7 Å². The number of nitro benzene ring substituents is 1. The Labute approximate surface area is 132 Å². The number of H-pyrrole nitrogens is 1. The summed E-state index contributed by atoms with van der Waals surface area (Å²) >= 11 is 0. The van der Waals surface area contributed by atoms with Gasteiger partial charge in [0.25, 0.3) is 5.69 Å². The average Bonchev–Trinajstić information content (AvgIpc) is 2.92. The summed E-state index contributed by atoms with van der Waals surface area (Å²) in [7, 11) is 0. The van der Waals surface area contributed by atoms with E-state index in [1.165, 1.54) is 6.07 Å². The Morgan fingerprint density at radius 3 is 2.78 bits per heavy atom. The number of rotatable bonds is 4. The number of nitrogens with zero attached hydrogens (tertiary/aromatic N) is 1. The number of carbonyl (C=O) groups excluding carboxylic acids is 1. The van der Waals surface area contributed by atoms with Gasteiger partial charge >= 0.3 is 0 Å². The number of aromatic amines is 1. The minimum atomic E-state index is -0.454. The van der Waals surface area contributed by atoms with E-state index >= 15 is 0 Å². The minimum Gasteiger partial charge on any atom is -0.361 e. The molecule has 23 heavy (non-hydrogen) atoms. The number of anilines is 1. The smallest absolute Gasteiger partial charge is 0.274 e. The molecule has 1 aromatic heterocycles. The number of carbonyl (C=O) groups is 1. The molecule has 0 radical (unpaired) electrons. The molecule has 3 rings (SSSR count). The zero-order valence-electron chi connectivity index (χ0n) is 12.5. The van der Waals surface area contributed by atoms with Crippen LogP contribution in [0.3, 0.4) is 0 Å². The molecule has 1 amide bonds. The largest absolute Gasteiger partial charge is 0.361 e. The molecule has 0 saturated carbocycles. The van der Waals surface area contributed by atoms with Crippen LogP contribution in [0.1, 0.15) is 11.1 Å². The first-order valence-electron chi connectivity index (χ1n) is 7.15. The first kappa shape index (κ1) is 14.8. The normalized spacial score (nSPS) is 10.7. The predicted octanol–water partition coefficient (Wildman–Crippen LogP) is 3.57. The van der Waals surface area contributed by atoms with Gasteiger partial charge in [0, 0.05) is 23.2 Å². The number of fused-ring (bicyclic) bond motifs is 1. The molecule has 0 bridgehead atoms. The number of hydrogen-bond donors (Lipinski definition) is 2.